The van der Waals surface area contributed by atoms with Crippen LogP contribution in [-0.4, -0.2) is 24.9 Å². The van der Waals surface area contributed by atoms with Gasteiger partial charge in [-0.2, -0.15) is 0 Å². The van der Waals surface area contributed by atoms with Crippen molar-refractivity contribution in [3.05, 3.63) is 0 Å². The lowest BCUT2D eigenvalue weighted by Gasteiger charge is -2.13. The standard InChI is InChI=1S/C3H7I2N2O/c1-7(5)3(6)2(4)8/h2-3,8H,1,6H2. The molecule has 0 saturated heterocycles. The van der Waals surface area contributed by atoms with Crippen LogP contribution >= 0.6 is 22.6 Å². The van der Waals surface area contributed by atoms with Crippen molar-refractivity contribution in [3.8, 4) is 0 Å². The minimum absolute atomic E-state index is 0.379. The molecule has 0 aliphatic rings. The van der Waals surface area contributed by atoms with Gasteiger partial charge in [-0.05, 0) is 22.6 Å². The maximum atomic E-state index is 8.77. The van der Waals surface area contributed by atoms with Crippen molar-refractivity contribution in [2.45, 2.75) is 10.3 Å². The van der Waals surface area contributed by atoms with E-state index < -0.39 is 4.11 Å². The second kappa shape index (κ2) is 3.96. The fourth-order valence-corrected chi connectivity index (χ4v) is 1.44. The first-order chi connectivity index (χ1) is 3.55. The molecule has 0 aromatic heterocycles. The summed E-state index contributed by atoms with van der Waals surface area (Å²) >= 11 is 3.74. The molecule has 0 aliphatic carbocycles. The van der Waals surface area contributed by atoms with Gasteiger partial charge in [-0.25, -0.2) is 0 Å². The van der Waals surface area contributed by atoms with E-state index in [4.69, 9.17) is 10.8 Å². The zero-order valence-electron chi connectivity index (χ0n) is 4.09. The van der Waals surface area contributed by atoms with E-state index in [-0.39, 0.29) is 6.17 Å². The fraction of sp³-hybridized carbons (Fsp3) is 0.667. The summed E-state index contributed by atoms with van der Waals surface area (Å²) in [5.41, 5.74) is 5.36. The highest BCUT2D eigenvalue weighted by atomic mass is 127. The lowest BCUT2D eigenvalue weighted by atomic mass is 10.6. The Balaban J connectivity index is 3.64. The maximum absolute atomic E-state index is 8.77. The molecule has 3 N–H and O–H groups in total. The van der Waals surface area contributed by atoms with E-state index in [0.717, 1.165) is 0 Å². The molecule has 0 saturated carbocycles. The molecule has 0 aliphatic heterocycles. The Morgan fingerprint density at radius 3 is 2.25 bits per heavy atom. The molecule has 1 radical (unpaired) electrons. The molecule has 8 heavy (non-hydrogen) atoms. The minimum atomic E-state index is -0.554. The number of nitrogens with two attached hydrogens (primary N) is 1. The van der Waals surface area contributed by atoms with Gasteiger partial charge in [0, 0.05) is 0 Å². The Morgan fingerprint density at radius 1 is 1.88 bits per heavy atom. The SMILES string of the molecule is C=[N+]([I-])C(N)C(O)I. The molecule has 3 nitrogen and oxygen atoms in total. The Hall–Kier alpha value is 1.05. The zero-order chi connectivity index (χ0) is 6.73. The number of aliphatic hydroxyl groups is 1. The first-order valence-corrected chi connectivity index (χ1v) is 4.10. The van der Waals surface area contributed by atoms with Gasteiger partial charge < -0.3 is 30.8 Å². The fourth-order valence-electron chi connectivity index (χ4n) is 0.133. The highest BCUT2D eigenvalue weighted by Crippen LogP contribution is 1.96. The van der Waals surface area contributed by atoms with Crippen LogP contribution in [-0.2, 0) is 0 Å². The zero-order valence-corrected chi connectivity index (χ0v) is 8.40. The van der Waals surface area contributed by atoms with Gasteiger partial charge in [0.15, 0.2) is 4.11 Å². The normalized spacial score (nSPS) is 17.5. The number of hydrogen-bond acceptors (Lipinski definition) is 2. The molecule has 0 amide bonds. The predicted molar refractivity (Wildman–Crippen MR) is 35.4 cm³/mol. The van der Waals surface area contributed by atoms with Crippen LogP contribution in [0.2, 0.25) is 0 Å². The van der Waals surface area contributed by atoms with Crippen LogP contribution in [0.15, 0.2) is 0 Å². The maximum Gasteiger partial charge on any atom is 0.216 e. The molecule has 0 aromatic rings. The van der Waals surface area contributed by atoms with Gasteiger partial charge in [-0.15, -0.1) is 0 Å². The number of alkyl halides is 1. The van der Waals surface area contributed by atoms with Crippen LogP contribution in [0.1, 0.15) is 0 Å². The number of nitrogens with zero attached hydrogens (tertiary/aromatic N) is 1. The Labute approximate surface area is 75.6 Å². The number of rotatable bonds is 2. The average molecular weight is 341 g/mol. The number of halogens is 2. The van der Waals surface area contributed by atoms with Crippen molar-refractivity contribution in [2.75, 3.05) is 0 Å². The van der Waals surface area contributed by atoms with Crippen LogP contribution in [0.25, 0.3) is 0 Å². The molecule has 0 aromatic carbocycles. The third-order valence-electron chi connectivity index (χ3n) is 0.605. The molecule has 0 rings (SSSR count). The van der Waals surface area contributed by atoms with Crippen molar-refractivity contribution in [3.63, 3.8) is 0 Å². The Kier molecular flexibility index (Phi) is 4.48. The summed E-state index contributed by atoms with van der Waals surface area (Å²) in [6.07, 6.45) is -0.379. The first kappa shape index (κ1) is 9.05. The Bertz CT molecular complexity index is 95.3. The van der Waals surface area contributed by atoms with Crippen LogP contribution in [0.3, 0.4) is 0 Å². The van der Waals surface area contributed by atoms with E-state index in [0.29, 0.717) is 0 Å². The lowest BCUT2D eigenvalue weighted by molar-refractivity contribution is -1.07. The van der Waals surface area contributed by atoms with Gasteiger partial charge in [0.2, 0.25) is 6.17 Å². The predicted octanol–water partition coefficient (Wildman–Crippen LogP) is -3.79. The van der Waals surface area contributed by atoms with Gasteiger partial charge in [0.25, 0.3) is 0 Å². The monoisotopic (exact) mass is 341 g/mol. The smallest absolute Gasteiger partial charge is 0.216 e. The summed E-state index contributed by atoms with van der Waals surface area (Å²) in [5, 5.41) is 8.77. The van der Waals surface area contributed by atoms with E-state index in [1.807, 2.05) is 45.5 Å². The van der Waals surface area contributed by atoms with Crippen molar-refractivity contribution < 1.29 is 30.8 Å². The second-order valence-corrected chi connectivity index (χ2v) is 3.78. The van der Waals surface area contributed by atoms with E-state index in [1.54, 1.807) is 0 Å². The van der Waals surface area contributed by atoms with Crippen molar-refractivity contribution >= 4 is 29.3 Å². The van der Waals surface area contributed by atoms with Crippen LogP contribution in [0.4, 0.5) is 0 Å². The topological polar surface area (TPSA) is 49.3 Å². The molecule has 0 heterocycles. The highest BCUT2D eigenvalue weighted by Gasteiger charge is 2.12. The molecule has 0 bridgehead atoms. The van der Waals surface area contributed by atoms with Crippen molar-refractivity contribution in [1.82, 2.24) is 0 Å². The summed E-state index contributed by atoms with van der Waals surface area (Å²) < 4.78 is 0.927. The average Bonchev–Trinajstić information content (AvgIpc) is 1.64. The summed E-state index contributed by atoms with van der Waals surface area (Å²) in [5.74, 6) is 0. The molecule has 49 valence electrons. The first-order valence-electron chi connectivity index (χ1n) is 1.89. The van der Waals surface area contributed by atoms with E-state index >= 15 is 0 Å². The van der Waals surface area contributed by atoms with E-state index in [1.165, 1.54) is 2.79 Å². The quantitative estimate of drug-likeness (QED) is 0.178. The molecule has 2 unspecified atom stereocenters. The highest BCUT2D eigenvalue weighted by molar-refractivity contribution is 14.1. The second-order valence-electron chi connectivity index (χ2n) is 1.26. The summed E-state index contributed by atoms with van der Waals surface area (Å²) in [4.78, 5) is 0. The van der Waals surface area contributed by atoms with Crippen LogP contribution in [0.5, 0.6) is 0 Å². The molecule has 5 heteroatoms. The van der Waals surface area contributed by atoms with E-state index in [9.17, 15) is 0 Å². The van der Waals surface area contributed by atoms with Crippen molar-refractivity contribution in [2.24, 2.45) is 5.73 Å². The van der Waals surface area contributed by atoms with Crippen molar-refractivity contribution in [1.29, 1.82) is 0 Å². The number of hydrogen-bond donors (Lipinski definition) is 2. The van der Waals surface area contributed by atoms with Gasteiger partial charge in [-0.1, -0.05) is 0 Å². The number of aliphatic hydroxyl groups excluding tert-OH is 1. The molecule has 0 spiro atoms. The summed E-state index contributed by atoms with van der Waals surface area (Å²) in [6, 6.07) is 0. The third-order valence-corrected chi connectivity index (χ3v) is 1.99. The van der Waals surface area contributed by atoms with Crippen LogP contribution < -0.4 is 28.6 Å². The lowest BCUT2D eigenvalue weighted by Crippen LogP contribution is -3.40. The summed E-state index contributed by atoms with van der Waals surface area (Å²) in [7, 11) is 0. The minimum Gasteiger partial charge on any atom is -0.375 e. The largest absolute Gasteiger partial charge is 0.375 e. The molecular weight excluding hydrogens is 334 g/mol. The summed E-state index contributed by atoms with van der Waals surface area (Å²) in [6.45, 7) is 3.49. The molecule has 2 atom stereocenters. The molecular formula is C3H7I2N2O. The van der Waals surface area contributed by atoms with E-state index in [2.05, 4.69) is 6.72 Å². The van der Waals surface area contributed by atoms with Gasteiger partial charge in [0.05, 0.1) is 0 Å². The Morgan fingerprint density at radius 2 is 2.25 bits per heavy atom. The van der Waals surface area contributed by atoms with Gasteiger partial charge >= 0.3 is 0 Å². The molecule has 0 fully saturated rings. The van der Waals surface area contributed by atoms with Crippen LogP contribution in [0, 0.1) is 0 Å². The van der Waals surface area contributed by atoms with Gasteiger partial charge in [-0.3, -0.25) is 5.73 Å². The third kappa shape index (κ3) is 3.15. The van der Waals surface area contributed by atoms with Gasteiger partial charge in [0.1, 0.15) is 6.72 Å².